The lowest BCUT2D eigenvalue weighted by atomic mass is 10.1. The van der Waals surface area contributed by atoms with Crippen LogP contribution in [0.25, 0.3) is 16.6 Å². The first-order valence-electron chi connectivity index (χ1n) is 11.1. The van der Waals surface area contributed by atoms with Gasteiger partial charge >= 0.3 is 0 Å². The number of carbonyl (C=O) groups excluding carboxylic acids is 1. The molecule has 0 spiro atoms. The number of pyridine rings is 2. The third kappa shape index (κ3) is 6.71. The van der Waals surface area contributed by atoms with Gasteiger partial charge in [0.1, 0.15) is 17.6 Å². The van der Waals surface area contributed by atoms with E-state index in [1.807, 2.05) is 25.1 Å². The summed E-state index contributed by atoms with van der Waals surface area (Å²) in [6.07, 6.45) is 6.63. The topological polar surface area (TPSA) is 114 Å². The Kier molecular flexibility index (Phi) is 9.27. The second-order valence-electron chi connectivity index (χ2n) is 7.29. The fraction of sp³-hybridized carbons (Fsp3) is 0.360. The minimum absolute atomic E-state index is 0.0292. The summed E-state index contributed by atoms with van der Waals surface area (Å²) >= 11 is 0. The van der Waals surface area contributed by atoms with Gasteiger partial charge in [-0.05, 0) is 25.1 Å². The number of carbonyl (C=O) groups is 1. The molecule has 0 radical (unpaired) electrons. The number of anilines is 1. The molecule has 0 saturated carbocycles. The number of rotatable bonds is 11. The molecule has 0 aromatic carbocycles. The van der Waals surface area contributed by atoms with Crippen LogP contribution in [-0.4, -0.2) is 53.9 Å². The maximum Gasteiger partial charge on any atom is 0.221 e. The molecule has 1 amide bonds. The van der Waals surface area contributed by atoms with Crippen LogP contribution in [-0.2, 0) is 9.53 Å². The summed E-state index contributed by atoms with van der Waals surface area (Å²) < 4.78 is 12.2. The van der Waals surface area contributed by atoms with E-state index in [2.05, 4.69) is 38.6 Å². The molecule has 3 aromatic rings. The second-order valence-corrected chi connectivity index (χ2v) is 7.29. The van der Waals surface area contributed by atoms with Gasteiger partial charge in [-0.15, -0.1) is 11.8 Å². The van der Waals surface area contributed by atoms with Crippen molar-refractivity contribution in [3.63, 3.8) is 0 Å². The van der Waals surface area contributed by atoms with Crippen molar-refractivity contribution in [1.29, 1.82) is 5.26 Å². The number of amides is 1. The lowest BCUT2D eigenvalue weighted by Gasteiger charge is -2.11. The van der Waals surface area contributed by atoms with Crippen LogP contribution in [0.15, 0.2) is 36.8 Å². The van der Waals surface area contributed by atoms with E-state index < -0.39 is 0 Å². The quantitative estimate of drug-likeness (QED) is 0.334. The summed E-state index contributed by atoms with van der Waals surface area (Å²) in [5.41, 5.74) is 2.85. The molecule has 176 valence electrons. The number of hydrogen-bond donors (Lipinski definition) is 2. The van der Waals surface area contributed by atoms with Crippen molar-refractivity contribution in [2.24, 2.45) is 0 Å². The zero-order valence-electron chi connectivity index (χ0n) is 19.4. The van der Waals surface area contributed by atoms with Gasteiger partial charge in [-0.1, -0.05) is 0 Å². The summed E-state index contributed by atoms with van der Waals surface area (Å²) in [7, 11) is 1.64. The van der Waals surface area contributed by atoms with Gasteiger partial charge in [0.2, 0.25) is 5.91 Å². The van der Waals surface area contributed by atoms with Gasteiger partial charge in [-0.25, -0.2) is 9.50 Å². The first kappa shape index (κ1) is 24.6. The van der Waals surface area contributed by atoms with Gasteiger partial charge in [0.25, 0.3) is 0 Å². The van der Waals surface area contributed by atoms with Crippen LogP contribution in [0.4, 0.5) is 5.82 Å². The highest BCUT2D eigenvalue weighted by Crippen LogP contribution is 2.30. The molecule has 9 nitrogen and oxygen atoms in total. The van der Waals surface area contributed by atoms with Crippen molar-refractivity contribution in [2.45, 2.75) is 26.2 Å². The molecule has 3 aromatic heterocycles. The molecule has 0 aliphatic rings. The predicted molar refractivity (Wildman–Crippen MR) is 129 cm³/mol. The largest absolute Gasteiger partial charge is 0.492 e. The molecule has 0 saturated heterocycles. The van der Waals surface area contributed by atoms with Gasteiger partial charge in [-0.3, -0.25) is 4.79 Å². The summed E-state index contributed by atoms with van der Waals surface area (Å²) in [5.74, 6) is 7.26. The van der Waals surface area contributed by atoms with Crippen LogP contribution in [0.3, 0.4) is 0 Å². The number of hydrogen-bond acceptors (Lipinski definition) is 7. The maximum absolute atomic E-state index is 11.9. The van der Waals surface area contributed by atoms with Crippen molar-refractivity contribution < 1.29 is 14.3 Å². The summed E-state index contributed by atoms with van der Waals surface area (Å²) in [4.78, 5) is 16.3. The van der Waals surface area contributed by atoms with Crippen LogP contribution in [0, 0.1) is 23.2 Å². The van der Waals surface area contributed by atoms with Crippen molar-refractivity contribution in [1.82, 2.24) is 19.9 Å². The monoisotopic (exact) mass is 460 g/mol. The van der Waals surface area contributed by atoms with Crippen molar-refractivity contribution in [2.75, 3.05) is 38.7 Å². The van der Waals surface area contributed by atoms with E-state index in [0.717, 1.165) is 11.1 Å². The van der Waals surface area contributed by atoms with E-state index in [0.29, 0.717) is 68.2 Å². The van der Waals surface area contributed by atoms with Crippen LogP contribution >= 0.6 is 0 Å². The normalized spacial score (nSPS) is 10.3. The average molecular weight is 461 g/mol. The SMILES string of the molecule is CCOc1cc(-c2ccc(NCCNC(=O)CCC#CCCOC)nc2)c2c(C#N)cnn2c1. The molecule has 0 unspecified atom stereocenters. The van der Waals surface area contributed by atoms with Crippen LogP contribution < -0.4 is 15.4 Å². The maximum atomic E-state index is 11.9. The number of ether oxygens (including phenoxy) is 2. The van der Waals surface area contributed by atoms with E-state index in [9.17, 15) is 10.1 Å². The molecule has 0 bridgehead atoms. The third-order valence-corrected chi connectivity index (χ3v) is 4.88. The summed E-state index contributed by atoms with van der Waals surface area (Å²) in [5, 5.41) is 19.8. The molecule has 3 heterocycles. The van der Waals surface area contributed by atoms with E-state index in [1.165, 1.54) is 0 Å². The van der Waals surface area contributed by atoms with E-state index in [1.54, 1.807) is 30.2 Å². The Bertz CT molecular complexity index is 1200. The summed E-state index contributed by atoms with van der Waals surface area (Å²) in [6, 6.07) is 7.86. The number of methoxy groups -OCH3 is 1. The lowest BCUT2D eigenvalue weighted by Crippen LogP contribution is -2.28. The fourth-order valence-corrected chi connectivity index (χ4v) is 3.29. The molecule has 9 heteroatoms. The van der Waals surface area contributed by atoms with Crippen molar-refractivity contribution >= 4 is 17.2 Å². The Hall–Kier alpha value is -4.08. The zero-order valence-corrected chi connectivity index (χ0v) is 19.4. The first-order chi connectivity index (χ1) is 16.7. The smallest absolute Gasteiger partial charge is 0.221 e. The molecule has 0 aliphatic carbocycles. The molecular weight excluding hydrogens is 432 g/mol. The standard InChI is InChI=1S/C25H28N6O3/c1-3-34-21-14-22(25-20(15-26)17-30-31(25)18-21)19-9-10-23(29-16-19)27-11-12-28-24(32)8-6-4-5-7-13-33-2/h9-10,14,16-18H,3,6-8,11-13H2,1-2H3,(H,27,29)(H,28,32). The number of aromatic nitrogens is 3. The number of fused-ring (bicyclic) bond motifs is 1. The van der Waals surface area contributed by atoms with Gasteiger partial charge in [0.15, 0.2) is 0 Å². The van der Waals surface area contributed by atoms with Gasteiger partial charge < -0.3 is 20.1 Å². The van der Waals surface area contributed by atoms with E-state index in [4.69, 9.17) is 9.47 Å². The second kappa shape index (κ2) is 12.8. The average Bonchev–Trinajstić information content (AvgIpc) is 3.27. The highest BCUT2D eigenvalue weighted by molar-refractivity contribution is 5.85. The van der Waals surface area contributed by atoms with Crippen LogP contribution in [0.1, 0.15) is 31.7 Å². The number of nitriles is 1. The van der Waals surface area contributed by atoms with E-state index >= 15 is 0 Å². The third-order valence-electron chi connectivity index (χ3n) is 4.88. The minimum Gasteiger partial charge on any atom is -0.492 e. The Balaban J connectivity index is 1.55. The zero-order chi connectivity index (χ0) is 24.2. The lowest BCUT2D eigenvalue weighted by molar-refractivity contribution is -0.120. The van der Waals surface area contributed by atoms with Crippen molar-refractivity contribution in [3.05, 3.63) is 42.4 Å². The van der Waals surface area contributed by atoms with Crippen LogP contribution in [0.2, 0.25) is 0 Å². The van der Waals surface area contributed by atoms with Gasteiger partial charge in [0.05, 0.1) is 36.7 Å². The van der Waals surface area contributed by atoms with Gasteiger partial charge in [0, 0.05) is 56.8 Å². The molecule has 3 rings (SSSR count). The Morgan fingerprint density at radius 1 is 1.21 bits per heavy atom. The van der Waals surface area contributed by atoms with E-state index in [-0.39, 0.29) is 5.91 Å². The minimum atomic E-state index is -0.0292. The highest BCUT2D eigenvalue weighted by atomic mass is 16.5. The number of nitrogens with zero attached hydrogens (tertiary/aromatic N) is 4. The molecular formula is C25H28N6O3. The Morgan fingerprint density at radius 2 is 2.06 bits per heavy atom. The number of nitrogens with one attached hydrogen (secondary N) is 2. The Labute approximate surface area is 199 Å². The molecule has 0 aliphatic heterocycles. The Morgan fingerprint density at radius 3 is 2.79 bits per heavy atom. The van der Waals surface area contributed by atoms with Gasteiger partial charge in [-0.2, -0.15) is 10.4 Å². The first-order valence-corrected chi connectivity index (χ1v) is 11.1. The highest BCUT2D eigenvalue weighted by Gasteiger charge is 2.13. The molecule has 2 N–H and O–H groups in total. The predicted octanol–water partition coefficient (Wildman–Crippen LogP) is 3.01. The molecule has 34 heavy (non-hydrogen) atoms. The fourth-order valence-electron chi connectivity index (χ4n) is 3.29. The van der Waals surface area contributed by atoms with Crippen LogP contribution in [0.5, 0.6) is 5.75 Å². The van der Waals surface area contributed by atoms with Crippen molar-refractivity contribution in [3.8, 4) is 34.8 Å². The summed E-state index contributed by atoms with van der Waals surface area (Å²) in [6.45, 7) is 4.07. The molecule has 0 atom stereocenters. The molecule has 0 fully saturated rings.